The van der Waals surface area contributed by atoms with Crippen LogP contribution in [0.3, 0.4) is 0 Å². The number of carbonyl (C=O) groups excluding carboxylic acids is 1. The number of rotatable bonds is 5. The molecule has 94 valence electrons. The topological polar surface area (TPSA) is 68.0 Å². The van der Waals surface area contributed by atoms with Gasteiger partial charge in [0.25, 0.3) is 0 Å². The summed E-state index contributed by atoms with van der Waals surface area (Å²) in [4.78, 5) is 15.9. The summed E-state index contributed by atoms with van der Waals surface area (Å²) in [5, 5.41) is 5.93. The molecule has 5 heteroatoms. The van der Waals surface area contributed by atoms with E-state index in [1.807, 2.05) is 5.38 Å². The zero-order valence-electron chi connectivity index (χ0n) is 9.95. The third-order valence-corrected chi connectivity index (χ3v) is 4.10. The van der Waals surface area contributed by atoms with Crippen LogP contribution in [0.15, 0.2) is 11.6 Å². The quantitative estimate of drug-likeness (QED) is 0.835. The minimum atomic E-state index is -0.245. The van der Waals surface area contributed by atoms with Gasteiger partial charge in [-0.05, 0) is 12.8 Å². The van der Waals surface area contributed by atoms with Gasteiger partial charge in [-0.25, -0.2) is 4.98 Å². The van der Waals surface area contributed by atoms with Gasteiger partial charge in [-0.2, -0.15) is 0 Å². The van der Waals surface area contributed by atoms with Crippen molar-refractivity contribution < 1.29 is 4.79 Å². The van der Waals surface area contributed by atoms with Gasteiger partial charge in [0.1, 0.15) is 0 Å². The molecule has 0 aliphatic heterocycles. The maximum atomic E-state index is 11.7. The molecule has 1 aromatic heterocycles. The second-order valence-corrected chi connectivity index (χ2v) is 5.75. The van der Waals surface area contributed by atoms with E-state index in [0.717, 1.165) is 37.1 Å². The smallest absolute Gasteiger partial charge is 0.221 e. The molecule has 1 amide bonds. The van der Waals surface area contributed by atoms with Crippen molar-refractivity contribution in [1.82, 2.24) is 10.3 Å². The predicted molar refractivity (Wildman–Crippen MR) is 68.8 cm³/mol. The third kappa shape index (κ3) is 3.78. The van der Waals surface area contributed by atoms with Crippen molar-refractivity contribution in [2.75, 3.05) is 6.54 Å². The summed E-state index contributed by atoms with van der Waals surface area (Å²) in [6.07, 6.45) is 7.33. The molecule has 1 aliphatic carbocycles. The van der Waals surface area contributed by atoms with Crippen LogP contribution >= 0.6 is 11.3 Å². The maximum Gasteiger partial charge on any atom is 0.221 e. The van der Waals surface area contributed by atoms with Crippen LogP contribution in [0.2, 0.25) is 0 Å². The number of carbonyl (C=O) groups is 1. The standard InChI is InChI=1S/C12H19N3OS/c13-12(4-1-2-5-12)9-10(16)14-6-3-11-15-7-8-17-11/h7-8H,1-6,9,13H2,(H,14,16). The molecule has 0 saturated heterocycles. The molecule has 1 aliphatic rings. The van der Waals surface area contributed by atoms with Gasteiger partial charge >= 0.3 is 0 Å². The molecular formula is C12H19N3OS. The van der Waals surface area contributed by atoms with Gasteiger partial charge in [0, 0.05) is 36.5 Å². The molecule has 2 rings (SSSR count). The number of nitrogens with one attached hydrogen (secondary N) is 1. The molecule has 0 aromatic carbocycles. The second-order valence-electron chi connectivity index (χ2n) is 4.77. The highest BCUT2D eigenvalue weighted by atomic mass is 32.1. The fourth-order valence-electron chi connectivity index (χ4n) is 2.32. The highest BCUT2D eigenvalue weighted by molar-refractivity contribution is 7.09. The molecule has 0 spiro atoms. The van der Waals surface area contributed by atoms with Crippen molar-refractivity contribution in [3.63, 3.8) is 0 Å². The second kappa shape index (κ2) is 5.60. The van der Waals surface area contributed by atoms with E-state index in [-0.39, 0.29) is 11.4 Å². The van der Waals surface area contributed by atoms with Crippen molar-refractivity contribution >= 4 is 17.2 Å². The van der Waals surface area contributed by atoms with E-state index in [9.17, 15) is 4.79 Å². The van der Waals surface area contributed by atoms with Crippen LogP contribution in [-0.2, 0) is 11.2 Å². The van der Waals surface area contributed by atoms with Crippen molar-refractivity contribution in [2.24, 2.45) is 5.73 Å². The molecule has 0 unspecified atom stereocenters. The summed E-state index contributed by atoms with van der Waals surface area (Å²) in [6.45, 7) is 0.655. The van der Waals surface area contributed by atoms with E-state index in [1.54, 1.807) is 17.5 Å². The fourth-order valence-corrected chi connectivity index (χ4v) is 2.94. The number of aromatic nitrogens is 1. The SMILES string of the molecule is NC1(CC(=O)NCCc2nccs2)CCCC1. The first-order valence-electron chi connectivity index (χ1n) is 6.12. The normalized spacial score (nSPS) is 18.2. The monoisotopic (exact) mass is 253 g/mol. The molecule has 1 fully saturated rings. The first-order chi connectivity index (χ1) is 8.18. The van der Waals surface area contributed by atoms with E-state index in [2.05, 4.69) is 10.3 Å². The van der Waals surface area contributed by atoms with Crippen molar-refractivity contribution in [1.29, 1.82) is 0 Å². The van der Waals surface area contributed by atoms with Crippen LogP contribution in [-0.4, -0.2) is 23.0 Å². The molecule has 0 atom stereocenters. The Kier molecular flexibility index (Phi) is 4.12. The van der Waals surface area contributed by atoms with E-state index >= 15 is 0 Å². The number of amides is 1. The van der Waals surface area contributed by atoms with E-state index < -0.39 is 0 Å². The molecule has 1 saturated carbocycles. The van der Waals surface area contributed by atoms with Crippen molar-refractivity contribution in [3.05, 3.63) is 16.6 Å². The molecule has 4 nitrogen and oxygen atoms in total. The Morgan fingerprint density at radius 1 is 1.53 bits per heavy atom. The zero-order valence-corrected chi connectivity index (χ0v) is 10.8. The number of nitrogens with two attached hydrogens (primary N) is 1. The van der Waals surface area contributed by atoms with Gasteiger partial charge in [0.15, 0.2) is 0 Å². The Labute approximate surface area is 106 Å². The van der Waals surface area contributed by atoms with Crippen LogP contribution in [0.25, 0.3) is 0 Å². The Bertz CT molecular complexity index is 358. The molecule has 1 heterocycles. The van der Waals surface area contributed by atoms with Gasteiger partial charge in [0.2, 0.25) is 5.91 Å². The highest BCUT2D eigenvalue weighted by Gasteiger charge is 2.31. The summed E-state index contributed by atoms with van der Waals surface area (Å²) in [5.74, 6) is 0.0750. The van der Waals surface area contributed by atoms with Crippen LogP contribution in [0.1, 0.15) is 37.1 Å². The molecule has 0 bridgehead atoms. The molecule has 0 radical (unpaired) electrons. The number of hydrogen-bond donors (Lipinski definition) is 2. The fraction of sp³-hybridized carbons (Fsp3) is 0.667. The van der Waals surface area contributed by atoms with Gasteiger partial charge in [-0.15, -0.1) is 11.3 Å². The maximum absolute atomic E-state index is 11.7. The summed E-state index contributed by atoms with van der Waals surface area (Å²) >= 11 is 1.62. The van der Waals surface area contributed by atoms with Crippen LogP contribution in [0.5, 0.6) is 0 Å². The average molecular weight is 253 g/mol. The van der Waals surface area contributed by atoms with Crippen LogP contribution in [0, 0.1) is 0 Å². The van der Waals surface area contributed by atoms with E-state index in [4.69, 9.17) is 5.73 Å². The predicted octanol–water partition coefficient (Wildman–Crippen LogP) is 1.46. The Morgan fingerprint density at radius 2 is 2.29 bits per heavy atom. The number of thiazole rings is 1. The molecular weight excluding hydrogens is 234 g/mol. The average Bonchev–Trinajstić information content (AvgIpc) is 2.90. The first-order valence-corrected chi connectivity index (χ1v) is 7.00. The van der Waals surface area contributed by atoms with Gasteiger partial charge in [-0.1, -0.05) is 12.8 Å². The first kappa shape index (κ1) is 12.5. The summed E-state index contributed by atoms with van der Waals surface area (Å²) in [6, 6.07) is 0. The van der Waals surface area contributed by atoms with E-state index in [1.165, 1.54) is 0 Å². The summed E-state index contributed by atoms with van der Waals surface area (Å²) < 4.78 is 0. The van der Waals surface area contributed by atoms with Crippen molar-refractivity contribution in [3.8, 4) is 0 Å². The lowest BCUT2D eigenvalue weighted by Gasteiger charge is -2.22. The number of nitrogens with zero attached hydrogens (tertiary/aromatic N) is 1. The Hall–Kier alpha value is -0.940. The Balaban J connectivity index is 1.67. The molecule has 17 heavy (non-hydrogen) atoms. The lowest BCUT2D eigenvalue weighted by molar-refractivity contribution is -0.122. The summed E-state index contributed by atoms with van der Waals surface area (Å²) in [5.41, 5.74) is 5.91. The lowest BCUT2D eigenvalue weighted by Crippen LogP contribution is -2.42. The Morgan fingerprint density at radius 3 is 2.94 bits per heavy atom. The largest absolute Gasteiger partial charge is 0.356 e. The third-order valence-electron chi connectivity index (χ3n) is 3.26. The van der Waals surface area contributed by atoms with E-state index in [0.29, 0.717) is 13.0 Å². The molecule has 3 N–H and O–H groups in total. The summed E-state index contributed by atoms with van der Waals surface area (Å²) in [7, 11) is 0. The minimum Gasteiger partial charge on any atom is -0.356 e. The lowest BCUT2D eigenvalue weighted by atomic mass is 9.94. The van der Waals surface area contributed by atoms with Gasteiger partial charge < -0.3 is 11.1 Å². The van der Waals surface area contributed by atoms with Crippen LogP contribution < -0.4 is 11.1 Å². The van der Waals surface area contributed by atoms with Gasteiger partial charge in [-0.3, -0.25) is 4.79 Å². The highest BCUT2D eigenvalue weighted by Crippen LogP contribution is 2.29. The zero-order chi connectivity index (χ0) is 12.1. The van der Waals surface area contributed by atoms with Crippen molar-refractivity contribution in [2.45, 2.75) is 44.1 Å². The minimum absolute atomic E-state index is 0.0750. The van der Waals surface area contributed by atoms with Gasteiger partial charge in [0.05, 0.1) is 5.01 Å². The van der Waals surface area contributed by atoms with Crippen LogP contribution in [0.4, 0.5) is 0 Å². The molecule has 1 aromatic rings. The number of hydrogen-bond acceptors (Lipinski definition) is 4.